The van der Waals surface area contributed by atoms with Crippen LogP contribution in [0.5, 0.6) is 0 Å². The van der Waals surface area contributed by atoms with Crippen LogP contribution in [0.1, 0.15) is 58.4 Å². The maximum absolute atomic E-state index is 14.5. The second kappa shape index (κ2) is 9.11. The lowest BCUT2D eigenvalue weighted by molar-refractivity contribution is -0.131. The lowest BCUT2D eigenvalue weighted by atomic mass is 9.81. The summed E-state index contributed by atoms with van der Waals surface area (Å²) in [5, 5.41) is 7.85. The smallest absolute Gasteiger partial charge is 0.248 e. The third-order valence-corrected chi connectivity index (χ3v) is 6.21. The average molecular weight is 454 g/mol. The third-order valence-electron chi connectivity index (χ3n) is 6.21. The number of carbonyl (C=O) groups excluding carboxylic acids is 3. The number of amides is 3. The second-order valence-electron chi connectivity index (χ2n) is 9.82. The van der Waals surface area contributed by atoms with Gasteiger partial charge in [0.15, 0.2) is 0 Å². The summed E-state index contributed by atoms with van der Waals surface area (Å²) in [4.78, 5) is 37.1. The van der Waals surface area contributed by atoms with E-state index < -0.39 is 46.8 Å². The van der Waals surface area contributed by atoms with Crippen molar-refractivity contribution < 1.29 is 27.6 Å². The summed E-state index contributed by atoms with van der Waals surface area (Å²) in [7, 11) is 0. The minimum Gasteiger partial charge on any atom is -0.355 e. The Balaban J connectivity index is 1.76. The molecule has 1 aromatic rings. The Hall–Kier alpha value is -2.58. The minimum atomic E-state index is -2.78. The van der Waals surface area contributed by atoms with Gasteiger partial charge < -0.3 is 16.0 Å². The summed E-state index contributed by atoms with van der Waals surface area (Å²) >= 11 is 0. The number of hydrogen-bond donors (Lipinski definition) is 3. The molecule has 0 radical (unpaired) electrons. The molecule has 6 nitrogen and oxygen atoms in total. The van der Waals surface area contributed by atoms with Gasteiger partial charge in [0, 0.05) is 31.5 Å². The summed E-state index contributed by atoms with van der Waals surface area (Å²) in [6, 6.07) is 3.33. The first-order chi connectivity index (χ1) is 14.9. The molecule has 1 saturated carbocycles. The summed E-state index contributed by atoms with van der Waals surface area (Å²) in [5.41, 5.74) is 0.301. The van der Waals surface area contributed by atoms with Crippen molar-refractivity contribution in [2.75, 3.05) is 11.9 Å². The molecular weight excluding hydrogens is 423 g/mol. The van der Waals surface area contributed by atoms with Crippen LogP contribution in [0.25, 0.3) is 0 Å². The maximum atomic E-state index is 14.5. The quantitative estimate of drug-likeness (QED) is 0.638. The molecular formula is C23H30F3N3O3. The van der Waals surface area contributed by atoms with Gasteiger partial charge in [-0.2, -0.15) is 0 Å². The number of benzene rings is 1. The van der Waals surface area contributed by atoms with Crippen LogP contribution < -0.4 is 16.0 Å². The Bertz CT molecular complexity index is 888. The van der Waals surface area contributed by atoms with Crippen LogP contribution in [0.4, 0.5) is 18.9 Å². The number of nitrogens with one attached hydrogen (secondary N) is 3. The molecule has 3 amide bonds. The van der Waals surface area contributed by atoms with Crippen molar-refractivity contribution in [2.45, 2.75) is 70.3 Å². The zero-order valence-corrected chi connectivity index (χ0v) is 18.6. The van der Waals surface area contributed by atoms with Gasteiger partial charge in [0.2, 0.25) is 23.6 Å². The molecule has 2 aliphatic rings. The molecule has 2 fully saturated rings. The van der Waals surface area contributed by atoms with Gasteiger partial charge in [-0.15, -0.1) is 0 Å². The van der Waals surface area contributed by atoms with Gasteiger partial charge in [0.25, 0.3) is 0 Å². The largest absolute Gasteiger partial charge is 0.355 e. The minimum absolute atomic E-state index is 0.0163. The predicted octanol–water partition coefficient (Wildman–Crippen LogP) is 3.51. The predicted molar refractivity (Wildman–Crippen MR) is 114 cm³/mol. The first-order valence-electron chi connectivity index (χ1n) is 10.9. The summed E-state index contributed by atoms with van der Waals surface area (Å²) in [5.74, 6) is -5.67. The highest BCUT2D eigenvalue weighted by Crippen LogP contribution is 2.38. The van der Waals surface area contributed by atoms with Gasteiger partial charge >= 0.3 is 0 Å². The van der Waals surface area contributed by atoms with E-state index in [-0.39, 0.29) is 50.2 Å². The molecule has 1 saturated heterocycles. The van der Waals surface area contributed by atoms with Crippen LogP contribution in [-0.2, 0) is 19.8 Å². The number of anilines is 1. The molecule has 1 heterocycles. The van der Waals surface area contributed by atoms with Gasteiger partial charge in [-0.1, -0.05) is 26.8 Å². The molecule has 3 N–H and O–H groups in total. The van der Waals surface area contributed by atoms with E-state index in [4.69, 9.17) is 0 Å². The monoisotopic (exact) mass is 453 g/mol. The number of rotatable bonds is 5. The molecule has 0 spiro atoms. The van der Waals surface area contributed by atoms with E-state index >= 15 is 0 Å². The van der Waals surface area contributed by atoms with Gasteiger partial charge in [0.05, 0.1) is 5.92 Å². The fourth-order valence-corrected chi connectivity index (χ4v) is 4.28. The highest BCUT2D eigenvalue weighted by Gasteiger charge is 2.41. The van der Waals surface area contributed by atoms with Crippen LogP contribution in [-0.4, -0.2) is 36.2 Å². The topological polar surface area (TPSA) is 87.3 Å². The zero-order valence-electron chi connectivity index (χ0n) is 18.6. The molecule has 1 aliphatic carbocycles. The molecule has 1 unspecified atom stereocenters. The SMILES string of the molecule is CC(C)(C)c1ccc(NC(=O)C(NC(=O)[C@@H]2CNC(=O)C2)C2CCC(F)(F)CC2)cc1F. The van der Waals surface area contributed by atoms with E-state index in [2.05, 4.69) is 16.0 Å². The lowest BCUT2D eigenvalue weighted by Gasteiger charge is -2.33. The molecule has 0 aromatic heterocycles. The first kappa shape index (κ1) is 24.1. The van der Waals surface area contributed by atoms with E-state index in [0.717, 1.165) is 0 Å². The summed E-state index contributed by atoms with van der Waals surface area (Å²) in [6.07, 6.45) is -0.567. The number of halogens is 3. The Morgan fingerprint density at radius 1 is 1.19 bits per heavy atom. The van der Waals surface area contributed by atoms with Crippen molar-refractivity contribution in [1.29, 1.82) is 0 Å². The number of hydrogen-bond acceptors (Lipinski definition) is 3. The third kappa shape index (κ3) is 5.81. The van der Waals surface area contributed by atoms with Gasteiger partial charge in [-0.25, -0.2) is 13.2 Å². The van der Waals surface area contributed by atoms with E-state index in [0.29, 0.717) is 5.56 Å². The Kier molecular flexibility index (Phi) is 6.86. The molecule has 176 valence electrons. The van der Waals surface area contributed by atoms with E-state index in [1.807, 2.05) is 20.8 Å². The van der Waals surface area contributed by atoms with Crippen molar-refractivity contribution in [1.82, 2.24) is 10.6 Å². The normalized spacial score (nSPS) is 22.2. The van der Waals surface area contributed by atoms with Gasteiger partial charge in [0.1, 0.15) is 11.9 Å². The molecule has 2 atom stereocenters. The van der Waals surface area contributed by atoms with Gasteiger partial charge in [-0.3, -0.25) is 14.4 Å². The summed E-state index contributed by atoms with van der Waals surface area (Å²) < 4.78 is 41.8. The van der Waals surface area contributed by atoms with Crippen LogP contribution in [0, 0.1) is 17.7 Å². The van der Waals surface area contributed by atoms with E-state index in [1.54, 1.807) is 12.1 Å². The average Bonchev–Trinajstić information content (AvgIpc) is 3.12. The highest BCUT2D eigenvalue weighted by molar-refractivity contribution is 5.98. The zero-order chi connectivity index (χ0) is 23.7. The first-order valence-corrected chi connectivity index (χ1v) is 10.9. The van der Waals surface area contributed by atoms with Crippen molar-refractivity contribution in [3.05, 3.63) is 29.6 Å². The Labute approximate surface area is 185 Å². The van der Waals surface area contributed by atoms with E-state index in [1.165, 1.54) is 6.07 Å². The molecule has 1 aromatic carbocycles. The van der Waals surface area contributed by atoms with Gasteiger partial charge in [-0.05, 0) is 41.9 Å². The standard InChI is InChI=1S/C23H30F3N3O3/c1-22(2,3)16-5-4-15(11-17(16)24)28-21(32)19(13-6-8-23(25,26)9-7-13)29-20(31)14-10-18(30)27-12-14/h4-5,11,13-14,19H,6-10,12H2,1-3H3,(H,27,30)(H,28,32)(H,29,31)/t14-,19?/m0/s1. The maximum Gasteiger partial charge on any atom is 0.248 e. The van der Waals surface area contributed by atoms with Crippen LogP contribution >= 0.6 is 0 Å². The van der Waals surface area contributed by atoms with Crippen molar-refractivity contribution in [3.63, 3.8) is 0 Å². The molecule has 32 heavy (non-hydrogen) atoms. The Morgan fingerprint density at radius 3 is 2.38 bits per heavy atom. The number of carbonyl (C=O) groups is 3. The molecule has 1 aliphatic heterocycles. The molecule has 0 bridgehead atoms. The van der Waals surface area contributed by atoms with Crippen molar-refractivity contribution >= 4 is 23.4 Å². The highest BCUT2D eigenvalue weighted by atomic mass is 19.3. The fraction of sp³-hybridized carbons (Fsp3) is 0.609. The van der Waals surface area contributed by atoms with Crippen LogP contribution in [0.3, 0.4) is 0 Å². The van der Waals surface area contributed by atoms with Crippen LogP contribution in [0.15, 0.2) is 18.2 Å². The number of alkyl halides is 2. The lowest BCUT2D eigenvalue weighted by Crippen LogP contribution is -2.51. The molecule has 9 heteroatoms. The van der Waals surface area contributed by atoms with Crippen molar-refractivity contribution in [3.8, 4) is 0 Å². The van der Waals surface area contributed by atoms with Crippen LogP contribution in [0.2, 0.25) is 0 Å². The fourth-order valence-electron chi connectivity index (χ4n) is 4.28. The summed E-state index contributed by atoms with van der Waals surface area (Å²) in [6.45, 7) is 5.78. The second-order valence-corrected chi connectivity index (χ2v) is 9.82. The molecule has 3 rings (SSSR count). The van der Waals surface area contributed by atoms with E-state index in [9.17, 15) is 27.6 Å². The Morgan fingerprint density at radius 2 is 1.84 bits per heavy atom. The van der Waals surface area contributed by atoms with Crippen molar-refractivity contribution in [2.24, 2.45) is 11.8 Å².